The van der Waals surface area contributed by atoms with Gasteiger partial charge in [0.25, 0.3) is 0 Å². The van der Waals surface area contributed by atoms with E-state index in [1.165, 1.54) is 12.1 Å². The Morgan fingerprint density at radius 3 is 2.35 bits per heavy atom. The molecule has 0 spiro atoms. The number of alkyl halides is 3. The number of nitrogens with two attached hydrogens (primary N) is 1. The fourth-order valence-corrected chi connectivity index (χ4v) is 1.23. The number of aliphatic hydroxyl groups is 1. The average Bonchev–Trinajstić information content (AvgIpc) is 2.19. The van der Waals surface area contributed by atoms with Gasteiger partial charge >= 0.3 is 6.18 Å². The van der Waals surface area contributed by atoms with Crippen LogP contribution >= 0.6 is 23.2 Å². The van der Waals surface area contributed by atoms with Gasteiger partial charge in [-0.05, 0) is 12.1 Å². The van der Waals surface area contributed by atoms with Crippen LogP contribution in [0.4, 0.5) is 24.5 Å². The Balaban J connectivity index is 2.96. The van der Waals surface area contributed by atoms with Crippen molar-refractivity contribution >= 4 is 40.8 Å². The number of hydrogen-bond acceptors (Lipinski definition) is 3. The van der Waals surface area contributed by atoms with E-state index in [0.717, 1.165) is 0 Å². The molecule has 0 aliphatic carbocycles. The van der Waals surface area contributed by atoms with E-state index in [4.69, 9.17) is 34.0 Å². The minimum absolute atomic E-state index is 0.00250. The van der Waals surface area contributed by atoms with Crippen molar-refractivity contribution in [1.29, 1.82) is 0 Å². The maximum absolute atomic E-state index is 12.0. The molecule has 0 saturated carbocycles. The number of benzene rings is 1. The highest BCUT2D eigenvalue weighted by Crippen LogP contribution is 2.32. The van der Waals surface area contributed by atoms with Crippen molar-refractivity contribution in [2.45, 2.75) is 12.3 Å². The first-order valence-electron chi connectivity index (χ1n) is 4.25. The van der Waals surface area contributed by atoms with Crippen molar-refractivity contribution in [3.8, 4) is 0 Å². The van der Waals surface area contributed by atoms with Gasteiger partial charge in [-0.25, -0.2) is 0 Å². The molecule has 3 nitrogen and oxygen atoms in total. The minimum atomic E-state index is -4.77. The SMILES string of the molecule is Nc1cc(Cl)c(Cl)cc1N=C[C@@H](O)C(F)(F)F. The highest BCUT2D eigenvalue weighted by atomic mass is 35.5. The molecular formula is C9H7Cl2F3N2O. The van der Waals surface area contributed by atoms with Crippen LogP contribution in [0, 0.1) is 0 Å². The molecular weight excluding hydrogens is 280 g/mol. The normalized spacial score (nSPS) is 14.2. The second kappa shape index (κ2) is 5.12. The second-order valence-corrected chi connectivity index (χ2v) is 3.90. The number of nitrogens with zero attached hydrogens (tertiary/aromatic N) is 1. The van der Waals surface area contributed by atoms with Gasteiger partial charge in [-0.3, -0.25) is 4.99 Å². The van der Waals surface area contributed by atoms with Crippen LogP contribution in [0.1, 0.15) is 0 Å². The van der Waals surface area contributed by atoms with Gasteiger partial charge in [0.2, 0.25) is 0 Å². The molecule has 0 saturated heterocycles. The molecule has 0 radical (unpaired) electrons. The molecule has 3 N–H and O–H groups in total. The third-order valence-electron chi connectivity index (χ3n) is 1.76. The number of rotatable bonds is 2. The van der Waals surface area contributed by atoms with Gasteiger partial charge < -0.3 is 10.8 Å². The predicted molar refractivity (Wildman–Crippen MR) is 61.1 cm³/mol. The Bertz CT molecular complexity index is 449. The van der Waals surface area contributed by atoms with Crippen LogP contribution in [0.3, 0.4) is 0 Å². The summed E-state index contributed by atoms with van der Waals surface area (Å²) in [7, 11) is 0. The Hall–Kier alpha value is -0.980. The fraction of sp³-hybridized carbons (Fsp3) is 0.222. The largest absolute Gasteiger partial charge is 0.419 e. The van der Waals surface area contributed by atoms with Crippen LogP contribution in [0.15, 0.2) is 17.1 Å². The number of nitrogen functional groups attached to an aromatic ring is 1. The van der Waals surface area contributed by atoms with Crippen LogP contribution in [0.5, 0.6) is 0 Å². The summed E-state index contributed by atoms with van der Waals surface area (Å²) in [6.07, 6.45) is -7.10. The minimum Gasteiger partial charge on any atom is -0.397 e. The molecule has 1 aromatic carbocycles. The number of anilines is 1. The number of hydrogen-bond donors (Lipinski definition) is 2. The van der Waals surface area contributed by atoms with Gasteiger partial charge in [-0.2, -0.15) is 13.2 Å². The van der Waals surface area contributed by atoms with Crippen molar-refractivity contribution < 1.29 is 18.3 Å². The quantitative estimate of drug-likeness (QED) is 0.648. The molecule has 1 rings (SSSR count). The lowest BCUT2D eigenvalue weighted by Gasteiger charge is -2.09. The van der Waals surface area contributed by atoms with E-state index in [1.807, 2.05) is 0 Å². The van der Waals surface area contributed by atoms with Crippen LogP contribution < -0.4 is 5.73 Å². The highest BCUT2D eigenvalue weighted by Gasteiger charge is 2.36. The van der Waals surface area contributed by atoms with E-state index < -0.39 is 12.3 Å². The van der Waals surface area contributed by atoms with Crippen molar-refractivity contribution in [2.75, 3.05) is 5.73 Å². The van der Waals surface area contributed by atoms with E-state index in [0.29, 0.717) is 6.21 Å². The Morgan fingerprint density at radius 1 is 1.29 bits per heavy atom. The summed E-state index contributed by atoms with van der Waals surface area (Å²) in [4.78, 5) is 3.41. The van der Waals surface area contributed by atoms with Crippen LogP contribution in [0.25, 0.3) is 0 Å². The molecule has 94 valence electrons. The molecule has 0 amide bonds. The molecule has 0 bridgehead atoms. The molecule has 17 heavy (non-hydrogen) atoms. The maximum Gasteiger partial charge on any atom is 0.419 e. The van der Waals surface area contributed by atoms with E-state index >= 15 is 0 Å². The maximum atomic E-state index is 12.0. The molecule has 0 aliphatic heterocycles. The summed E-state index contributed by atoms with van der Waals surface area (Å²) in [6, 6.07) is 2.47. The summed E-state index contributed by atoms with van der Waals surface area (Å²) in [5.74, 6) is 0. The van der Waals surface area contributed by atoms with E-state index in [1.54, 1.807) is 0 Å². The van der Waals surface area contributed by atoms with E-state index in [2.05, 4.69) is 4.99 Å². The summed E-state index contributed by atoms with van der Waals surface area (Å²) in [6.45, 7) is 0. The van der Waals surface area contributed by atoms with Crippen molar-refractivity contribution in [1.82, 2.24) is 0 Å². The summed E-state index contributed by atoms with van der Waals surface area (Å²) in [5.41, 5.74) is 5.53. The standard InChI is InChI=1S/C9H7Cl2F3N2O/c10-4-1-6(15)7(2-5(4)11)16-3-8(17)9(12,13)14/h1-3,8,17H,15H2/t8-/m1/s1. The first-order valence-corrected chi connectivity index (χ1v) is 5.01. The first-order chi connectivity index (χ1) is 7.71. The summed E-state index contributed by atoms with van der Waals surface area (Å²) >= 11 is 11.3. The lowest BCUT2D eigenvalue weighted by molar-refractivity contribution is -0.179. The number of aliphatic imine (C=N–C) groups is 1. The predicted octanol–water partition coefficient (Wildman–Crippen LogP) is 3.20. The average molecular weight is 287 g/mol. The molecule has 0 aliphatic rings. The number of halogens is 5. The van der Waals surface area contributed by atoms with Crippen LogP contribution in [-0.2, 0) is 0 Å². The molecule has 1 atom stereocenters. The Labute approximate surface area is 105 Å². The van der Waals surface area contributed by atoms with Gasteiger partial charge in [-0.1, -0.05) is 23.2 Å². The summed E-state index contributed by atoms with van der Waals surface area (Å²) in [5, 5.41) is 8.96. The van der Waals surface area contributed by atoms with Gasteiger partial charge in [-0.15, -0.1) is 0 Å². The second-order valence-electron chi connectivity index (χ2n) is 3.09. The fourth-order valence-electron chi connectivity index (χ4n) is 0.899. The summed E-state index contributed by atoms with van der Waals surface area (Å²) < 4.78 is 35.9. The molecule has 1 aromatic rings. The monoisotopic (exact) mass is 286 g/mol. The third-order valence-corrected chi connectivity index (χ3v) is 2.48. The van der Waals surface area contributed by atoms with E-state index in [9.17, 15) is 13.2 Å². The highest BCUT2D eigenvalue weighted by molar-refractivity contribution is 6.42. The zero-order valence-electron chi connectivity index (χ0n) is 8.17. The first kappa shape index (κ1) is 14.1. The third kappa shape index (κ3) is 3.76. The lowest BCUT2D eigenvalue weighted by atomic mass is 10.2. The van der Waals surface area contributed by atoms with Crippen LogP contribution in [0.2, 0.25) is 10.0 Å². The van der Waals surface area contributed by atoms with Crippen LogP contribution in [-0.4, -0.2) is 23.6 Å². The van der Waals surface area contributed by atoms with Gasteiger partial charge in [0.1, 0.15) is 0 Å². The van der Waals surface area contributed by atoms with Gasteiger partial charge in [0, 0.05) is 6.21 Å². The zero-order valence-corrected chi connectivity index (χ0v) is 9.68. The topological polar surface area (TPSA) is 58.6 Å². The zero-order chi connectivity index (χ0) is 13.2. The Morgan fingerprint density at radius 2 is 1.82 bits per heavy atom. The molecule has 0 aromatic heterocycles. The van der Waals surface area contributed by atoms with Crippen molar-refractivity contribution in [3.63, 3.8) is 0 Å². The molecule has 0 fully saturated rings. The van der Waals surface area contributed by atoms with Gasteiger partial charge in [0.05, 0.1) is 21.4 Å². The van der Waals surface area contributed by atoms with Gasteiger partial charge in [0.15, 0.2) is 6.10 Å². The number of aliphatic hydroxyl groups excluding tert-OH is 1. The Kier molecular flexibility index (Phi) is 4.24. The van der Waals surface area contributed by atoms with E-state index in [-0.39, 0.29) is 21.4 Å². The van der Waals surface area contributed by atoms with Crippen molar-refractivity contribution in [2.24, 2.45) is 4.99 Å². The van der Waals surface area contributed by atoms with Crippen molar-refractivity contribution in [3.05, 3.63) is 22.2 Å². The molecule has 0 unspecified atom stereocenters. The molecule has 0 heterocycles. The lowest BCUT2D eigenvalue weighted by Crippen LogP contribution is -2.29. The molecule has 8 heteroatoms. The smallest absolute Gasteiger partial charge is 0.397 e.